The van der Waals surface area contributed by atoms with E-state index in [0.29, 0.717) is 25.5 Å². The zero-order valence-corrected chi connectivity index (χ0v) is 26.4. The zero-order valence-electron chi connectivity index (χ0n) is 24.6. The Morgan fingerprint density at radius 2 is 1.55 bits per heavy atom. The normalized spacial score (nSPS) is 29.9. The zero-order chi connectivity index (χ0) is 28.6. The summed E-state index contributed by atoms with van der Waals surface area (Å²) in [5, 5.41) is 12.8. The number of hydrogen-bond donors (Lipinski definition) is 1. The largest absolute Gasteiger partial charge is 0.407 e. The number of hydrogen-bond acceptors (Lipinski definition) is 6. The van der Waals surface area contributed by atoms with Gasteiger partial charge in [0, 0.05) is 37.3 Å². The van der Waals surface area contributed by atoms with E-state index in [9.17, 15) is 13.5 Å². The Kier molecular flexibility index (Phi) is 8.69. The predicted molar refractivity (Wildman–Crippen MR) is 163 cm³/mol. The van der Waals surface area contributed by atoms with Gasteiger partial charge in [-0.15, -0.1) is 0 Å². The fourth-order valence-corrected chi connectivity index (χ4v) is 13.6. The first-order valence-corrected chi connectivity index (χ1v) is 18.7. The summed E-state index contributed by atoms with van der Waals surface area (Å²) in [4.78, 5) is 2.66. The van der Waals surface area contributed by atoms with Crippen molar-refractivity contribution in [3.63, 3.8) is 0 Å². The third kappa shape index (κ3) is 5.60. The fourth-order valence-electron chi connectivity index (χ4n) is 8.29. The summed E-state index contributed by atoms with van der Waals surface area (Å²) in [6, 6.07) is 22.0. The highest BCUT2D eigenvalue weighted by atomic mass is 32.2. The number of piperidine rings is 2. The minimum Gasteiger partial charge on any atom is -0.407 e. The van der Waals surface area contributed by atoms with Crippen LogP contribution < -0.4 is 10.4 Å². The molecule has 5 atom stereocenters. The quantitative estimate of drug-likeness (QED) is 0.368. The fraction of sp³-hybridized carbons (Fsp3) is 0.625. The van der Waals surface area contributed by atoms with E-state index in [2.05, 4.69) is 86.3 Å². The molecule has 3 fully saturated rings. The molecule has 0 unspecified atom stereocenters. The van der Waals surface area contributed by atoms with Crippen LogP contribution in [0.3, 0.4) is 0 Å². The lowest BCUT2D eigenvalue weighted by Gasteiger charge is -2.57. The summed E-state index contributed by atoms with van der Waals surface area (Å²) in [5.74, 6) is 0.184. The highest BCUT2D eigenvalue weighted by molar-refractivity contribution is 7.86. The molecule has 1 saturated carbocycles. The highest BCUT2D eigenvalue weighted by Crippen LogP contribution is 2.51. The first kappa shape index (κ1) is 29.9. The SMILES string of the molecule is CC(C)(C)[Si](OC[C@H]1CCC[C@]12CCC[C@@H]1C[C@@H](OS(C)(=O)=O)[C@H](CO)CN12)(c1ccccc1)c1ccccc1. The third-order valence-corrected chi connectivity index (χ3v) is 15.6. The summed E-state index contributed by atoms with van der Waals surface area (Å²) in [6.45, 7) is 8.32. The van der Waals surface area contributed by atoms with Gasteiger partial charge < -0.3 is 9.53 Å². The molecule has 1 aliphatic carbocycles. The van der Waals surface area contributed by atoms with Crippen LogP contribution in [0.1, 0.15) is 65.7 Å². The van der Waals surface area contributed by atoms with Crippen LogP contribution in [0.25, 0.3) is 0 Å². The van der Waals surface area contributed by atoms with Gasteiger partial charge in [0.25, 0.3) is 18.4 Å². The van der Waals surface area contributed by atoms with Gasteiger partial charge in [-0.2, -0.15) is 8.42 Å². The second kappa shape index (κ2) is 11.6. The Hall–Kier alpha value is -1.55. The van der Waals surface area contributed by atoms with Crippen molar-refractivity contribution in [3.8, 4) is 0 Å². The Labute approximate surface area is 242 Å². The van der Waals surface area contributed by atoms with Crippen molar-refractivity contribution in [3.05, 3.63) is 60.7 Å². The van der Waals surface area contributed by atoms with Crippen molar-refractivity contribution in [1.29, 1.82) is 0 Å². The summed E-state index contributed by atoms with van der Waals surface area (Å²) in [6.07, 6.45) is 8.07. The molecule has 2 heterocycles. The second-order valence-electron chi connectivity index (χ2n) is 13.4. The standard InChI is InChI=1S/C32H47NO5SSi/c1-31(2,3)40(28-15-7-5-8-16-28,29-17-9-6-10-18-29)37-24-26-13-11-19-32(26)20-12-14-27-21-30(38-39(4,35)36)25(23-34)22-33(27)32/h5-10,15-18,25-27,30,34H,11-14,19-24H2,1-4H3/t25-,26+,27+,30+,32-/m0/s1. The number of rotatable bonds is 8. The van der Waals surface area contributed by atoms with Gasteiger partial charge in [-0.1, -0.05) is 94.3 Å². The number of aliphatic hydroxyl groups excluding tert-OH is 1. The smallest absolute Gasteiger partial charge is 0.264 e. The van der Waals surface area contributed by atoms with E-state index >= 15 is 0 Å². The average molecular weight is 586 g/mol. The van der Waals surface area contributed by atoms with Gasteiger partial charge >= 0.3 is 0 Å². The van der Waals surface area contributed by atoms with Crippen molar-refractivity contribution in [2.24, 2.45) is 11.8 Å². The molecular formula is C32H47NO5SSi. The molecule has 0 bridgehead atoms. The molecule has 2 aromatic rings. The van der Waals surface area contributed by atoms with Gasteiger partial charge in [0.1, 0.15) is 0 Å². The third-order valence-electron chi connectivity index (χ3n) is 9.99. The van der Waals surface area contributed by atoms with E-state index < -0.39 is 24.5 Å². The van der Waals surface area contributed by atoms with Crippen LogP contribution in [0, 0.1) is 11.8 Å². The molecule has 6 nitrogen and oxygen atoms in total. The Balaban J connectivity index is 1.46. The van der Waals surface area contributed by atoms with Gasteiger partial charge in [0.2, 0.25) is 0 Å². The molecule has 8 heteroatoms. The topological polar surface area (TPSA) is 76.1 Å². The molecule has 0 aromatic heterocycles. The van der Waals surface area contributed by atoms with Gasteiger partial charge in [-0.25, -0.2) is 0 Å². The summed E-state index contributed by atoms with van der Waals surface area (Å²) < 4.78 is 36.9. The Morgan fingerprint density at radius 3 is 2.08 bits per heavy atom. The maximum atomic E-state index is 12.0. The molecule has 220 valence electrons. The van der Waals surface area contributed by atoms with E-state index in [1.165, 1.54) is 16.8 Å². The minimum atomic E-state index is -3.58. The van der Waals surface area contributed by atoms with Crippen molar-refractivity contribution in [2.45, 2.75) is 88.4 Å². The molecule has 2 saturated heterocycles. The predicted octanol–water partition coefficient (Wildman–Crippen LogP) is 4.31. The Bertz CT molecular complexity index is 1200. The molecule has 40 heavy (non-hydrogen) atoms. The van der Waals surface area contributed by atoms with Crippen LogP contribution in [0.2, 0.25) is 5.04 Å². The van der Waals surface area contributed by atoms with Crippen molar-refractivity contribution < 1.29 is 22.1 Å². The van der Waals surface area contributed by atoms with Gasteiger partial charge in [-0.05, 0) is 53.4 Å². The first-order valence-electron chi connectivity index (χ1n) is 15.0. The van der Waals surface area contributed by atoms with Crippen LogP contribution in [0.4, 0.5) is 0 Å². The van der Waals surface area contributed by atoms with Crippen LogP contribution >= 0.6 is 0 Å². The monoisotopic (exact) mass is 585 g/mol. The number of aliphatic hydroxyl groups is 1. The molecule has 1 spiro atoms. The van der Waals surface area contributed by atoms with E-state index in [-0.39, 0.29) is 29.1 Å². The van der Waals surface area contributed by atoms with E-state index in [1.807, 2.05) is 0 Å². The lowest BCUT2D eigenvalue weighted by atomic mass is 9.72. The molecule has 1 N–H and O–H groups in total. The van der Waals surface area contributed by atoms with E-state index in [0.717, 1.165) is 38.4 Å². The Morgan fingerprint density at radius 1 is 0.975 bits per heavy atom. The van der Waals surface area contributed by atoms with Crippen molar-refractivity contribution in [2.75, 3.05) is 26.0 Å². The molecule has 2 aromatic carbocycles. The van der Waals surface area contributed by atoms with Gasteiger partial charge in [-0.3, -0.25) is 9.08 Å². The lowest BCUT2D eigenvalue weighted by Crippen LogP contribution is -2.68. The van der Waals surface area contributed by atoms with Crippen LogP contribution in [0.5, 0.6) is 0 Å². The molecule has 2 aliphatic heterocycles. The second-order valence-corrected chi connectivity index (χ2v) is 19.3. The number of benzene rings is 2. The summed E-state index contributed by atoms with van der Waals surface area (Å²) >= 11 is 0. The van der Waals surface area contributed by atoms with Crippen LogP contribution in [-0.4, -0.2) is 70.4 Å². The maximum absolute atomic E-state index is 12.0. The molecule has 0 radical (unpaired) electrons. The molecule has 5 rings (SSSR count). The highest BCUT2D eigenvalue weighted by Gasteiger charge is 2.56. The number of nitrogens with zero attached hydrogens (tertiary/aromatic N) is 1. The number of fused-ring (bicyclic) bond motifs is 2. The van der Waals surface area contributed by atoms with Gasteiger partial charge in [0.15, 0.2) is 0 Å². The van der Waals surface area contributed by atoms with Crippen LogP contribution in [0.15, 0.2) is 60.7 Å². The van der Waals surface area contributed by atoms with Gasteiger partial charge in [0.05, 0.1) is 12.4 Å². The maximum Gasteiger partial charge on any atom is 0.264 e. The lowest BCUT2D eigenvalue weighted by molar-refractivity contribution is -0.105. The van der Waals surface area contributed by atoms with E-state index in [1.54, 1.807) is 0 Å². The van der Waals surface area contributed by atoms with Crippen molar-refractivity contribution in [1.82, 2.24) is 4.90 Å². The average Bonchev–Trinajstić information content (AvgIpc) is 3.31. The molecule has 3 aliphatic rings. The minimum absolute atomic E-state index is 0.0256. The van der Waals surface area contributed by atoms with Crippen LogP contribution in [-0.2, 0) is 18.7 Å². The van der Waals surface area contributed by atoms with E-state index in [4.69, 9.17) is 8.61 Å². The van der Waals surface area contributed by atoms with Crippen molar-refractivity contribution >= 4 is 28.8 Å². The molecular weight excluding hydrogens is 539 g/mol. The summed E-state index contributed by atoms with van der Waals surface area (Å²) in [7, 11) is -6.22. The summed E-state index contributed by atoms with van der Waals surface area (Å²) in [5.41, 5.74) is 0.0256. The molecule has 0 amide bonds. The first-order chi connectivity index (χ1) is 19.0.